The van der Waals surface area contributed by atoms with E-state index in [9.17, 15) is 14.1 Å². The van der Waals surface area contributed by atoms with E-state index in [4.69, 9.17) is 9.52 Å². The van der Waals surface area contributed by atoms with Gasteiger partial charge in [-0.05, 0) is 87.1 Å². The van der Waals surface area contributed by atoms with E-state index < -0.39 is 26.6 Å². The van der Waals surface area contributed by atoms with Crippen LogP contribution in [0.5, 0.6) is 0 Å². The number of hydrogen-bond acceptors (Lipinski definition) is 5. The molecular weight excluding hydrogens is 402 g/mol. The molecule has 1 fully saturated rings. The molecule has 0 unspecified atom stereocenters. The molecule has 0 heterocycles. The number of urea groups is 1. The summed E-state index contributed by atoms with van der Waals surface area (Å²) in [6, 6.07) is 3.46. The van der Waals surface area contributed by atoms with Gasteiger partial charge in [-0.2, -0.15) is 0 Å². The number of benzene rings is 1. The van der Waals surface area contributed by atoms with Crippen LogP contribution in [-0.4, -0.2) is 20.9 Å². The van der Waals surface area contributed by atoms with Crippen molar-refractivity contribution in [2.24, 2.45) is 5.92 Å². The lowest BCUT2D eigenvalue weighted by atomic mass is 9.82. The minimum Gasteiger partial charge on any atom is -0.453 e. The van der Waals surface area contributed by atoms with Crippen LogP contribution in [0.4, 0.5) is 10.5 Å². The molecule has 2 aliphatic carbocycles. The normalized spacial score (nSPS) is 19.0. The van der Waals surface area contributed by atoms with E-state index in [1.165, 1.54) is 24.7 Å². The lowest BCUT2D eigenvalue weighted by Crippen LogP contribution is -2.35. The van der Waals surface area contributed by atoms with Gasteiger partial charge in [0.15, 0.2) is 9.92 Å². The molecule has 3 rings (SSSR count). The van der Waals surface area contributed by atoms with Gasteiger partial charge in [-0.15, -0.1) is 0 Å². The van der Waals surface area contributed by atoms with Crippen LogP contribution < -0.4 is 10.0 Å². The smallest absolute Gasteiger partial charge is 0.332 e. The van der Waals surface area contributed by atoms with Gasteiger partial charge in [0, 0.05) is 5.69 Å². The van der Waals surface area contributed by atoms with E-state index in [0.29, 0.717) is 17.4 Å². The molecule has 0 spiro atoms. The molecule has 8 heteroatoms. The molecule has 1 saturated carbocycles. The second-order valence-electron chi connectivity index (χ2n) is 8.76. The summed E-state index contributed by atoms with van der Waals surface area (Å²) >= 11 is 0. The van der Waals surface area contributed by atoms with E-state index in [0.717, 1.165) is 29.7 Å². The Bertz CT molecular complexity index is 1000. The number of rotatable bonds is 8. The summed E-state index contributed by atoms with van der Waals surface area (Å²) in [5.41, 5.74) is 3.52. The van der Waals surface area contributed by atoms with Gasteiger partial charge in [-0.3, -0.25) is 0 Å². The Morgan fingerprint density at radius 2 is 2.07 bits per heavy atom. The Morgan fingerprint density at radius 1 is 1.40 bits per heavy atom. The van der Waals surface area contributed by atoms with Crippen molar-refractivity contribution in [2.75, 3.05) is 5.32 Å². The van der Waals surface area contributed by atoms with E-state index in [-0.39, 0.29) is 0 Å². The molecule has 0 radical (unpaired) electrons. The molecule has 4 N–H and O–H groups in total. The molecule has 164 valence electrons. The van der Waals surface area contributed by atoms with Gasteiger partial charge in [0.2, 0.25) is 5.09 Å². The molecule has 2 amide bonds. The van der Waals surface area contributed by atoms with Crippen molar-refractivity contribution in [2.45, 2.75) is 64.9 Å². The van der Waals surface area contributed by atoms with Crippen molar-refractivity contribution >= 4 is 21.6 Å². The molecule has 1 aromatic carbocycles. The number of nitrogens with one attached hydrogen (secondary N) is 3. The first-order chi connectivity index (χ1) is 13.9. The van der Waals surface area contributed by atoms with Gasteiger partial charge in [0.25, 0.3) is 0 Å². The van der Waals surface area contributed by atoms with Gasteiger partial charge in [0.1, 0.15) is 0 Å². The summed E-state index contributed by atoms with van der Waals surface area (Å²) in [7, 11) is -3.77. The van der Waals surface area contributed by atoms with Crippen molar-refractivity contribution in [3.05, 3.63) is 52.3 Å². The summed E-state index contributed by atoms with van der Waals surface area (Å²) in [5.74, 6) is 0.964. The zero-order valence-electron chi connectivity index (χ0n) is 18.0. The number of hydrogen-bond donors (Lipinski definition) is 4. The summed E-state index contributed by atoms with van der Waals surface area (Å²) in [6.45, 7) is 10.5. The summed E-state index contributed by atoms with van der Waals surface area (Å²) in [5, 5.41) is 12.3. The molecule has 2 aliphatic rings. The van der Waals surface area contributed by atoms with Crippen molar-refractivity contribution < 1.29 is 18.8 Å². The predicted octanol–water partition coefficient (Wildman–Crippen LogP) is 4.54. The number of aryl methyl sites for hydroxylation is 1. The average molecular weight is 434 g/mol. The number of fused-ring (bicyclic) bond motifs is 1. The molecule has 30 heavy (non-hydrogen) atoms. The van der Waals surface area contributed by atoms with Crippen molar-refractivity contribution in [1.29, 1.82) is 4.78 Å². The fraction of sp³-hybridized carbons (Fsp3) is 0.500. The quantitative estimate of drug-likeness (QED) is 0.451. The lowest BCUT2D eigenvalue weighted by molar-refractivity contribution is 0.116. The zero-order valence-corrected chi connectivity index (χ0v) is 18.8. The second kappa shape index (κ2) is 8.07. The molecule has 7 nitrogen and oxygen atoms in total. The SMILES string of the molecule is C=C(O/C=C(\C)C(C)(C)O)[S@](=N)(=O)NC(=O)Nc1c([C@H](C)C2CC2)ccc2c1CC2. The fourth-order valence-corrected chi connectivity index (χ4v) is 3.99. The number of amides is 2. The van der Waals surface area contributed by atoms with Crippen LogP contribution in [0.1, 0.15) is 63.1 Å². The second-order valence-corrected chi connectivity index (χ2v) is 10.5. The van der Waals surface area contributed by atoms with Crippen LogP contribution in [0, 0.1) is 10.7 Å². The third-order valence-electron chi connectivity index (χ3n) is 6.03. The highest BCUT2D eigenvalue weighted by Gasteiger charge is 2.33. The van der Waals surface area contributed by atoms with E-state index in [1.54, 1.807) is 20.8 Å². The number of aliphatic hydroxyl groups is 1. The average Bonchev–Trinajstić information content (AvgIpc) is 3.43. The Hall–Kier alpha value is -2.32. The third-order valence-corrected chi connectivity index (χ3v) is 7.24. The predicted molar refractivity (Wildman–Crippen MR) is 118 cm³/mol. The molecule has 2 atom stereocenters. The van der Waals surface area contributed by atoms with Gasteiger partial charge in [-0.1, -0.05) is 19.1 Å². The highest BCUT2D eigenvalue weighted by Crippen LogP contribution is 2.46. The van der Waals surface area contributed by atoms with Crippen molar-refractivity contribution in [3.8, 4) is 0 Å². The first kappa shape index (κ1) is 22.4. The zero-order chi connectivity index (χ0) is 22.3. The standard InChI is InChI=1S/C22H31N3O4S/c1-13(22(4,5)27)12-29-15(3)30(23,28)25-21(26)24-20-18(14(2)16-6-7-16)10-8-17-9-11-19(17)20/h8,10,12,14,16,27H,3,6-7,9,11H2,1-2,4-5H3,(H3,23,24,25,26,28)/b13-12+/t14-,30-/m1/s1. The number of carbonyl (C=O) groups excluding carboxylic acids is 1. The number of carbonyl (C=O) groups is 1. The van der Waals surface area contributed by atoms with Crippen LogP contribution in [0.15, 0.2) is 35.6 Å². The number of ether oxygens (including phenoxy) is 1. The lowest BCUT2D eigenvalue weighted by Gasteiger charge is -2.27. The van der Waals surface area contributed by atoms with Crippen LogP contribution in [0.25, 0.3) is 0 Å². The van der Waals surface area contributed by atoms with Crippen LogP contribution in [0.3, 0.4) is 0 Å². The minimum atomic E-state index is -3.77. The van der Waals surface area contributed by atoms with Crippen molar-refractivity contribution in [3.63, 3.8) is 0 Å². The Kier molecular flexibility index (Phi) is 6.02. The Morgan fingerprint density at radius 3 is 2.60 bits per heavy atom. The molecule has 1 aromatic rings. The van der Waals surface area contributed by atoms with Crippen LogP contribution in [-0.2, 0) is 27.5 Å². The van der Waals surface area contributed by atoms with Gasteiger partial charge in [-0.25, -0.2) is 18.5 Å². The topological polar surface area (TPSA) is 112 Å². The highest BCUT2D eigenvalue weighted by atomic mass is 32.2. The maximum Gasteiger partial charge on any atom is 0.332 e. The molecular formula is C22H31N3O4S. The summed E-state index contributed by atoms with van der Waals surface area (Å²) in [6.07, 6.45) is 5.45. The number of anilines is 1. The maximum atomic E-state index is 12.6. The van der Waals surface area contributed by atoms with Crippen LogP contribution in [0.2, 0.25) is 0 Å². The summed E-state index contributed by atoms with van der Waals surface area (Å²) in [4.78, 5) is 12.6. The minimum absolute atomic E-state index is 0.333. The molecule has 0 saturated heterocycles. The Balaban J connectivity index is 1.71. The van der Waals surface area contributed by atoms with Gasteiger partial charge < -0.3 is 15.2 Å². The highest BCUT2D eigenvalue weighted by molar-refractivity contribution is 7.94. The van der Waals surface area contributed by atoms with Gasteiger partial charge >= 0.3 is 6.03 Å². The largest absolute Gasteiger partial charge is 0.453 e. The summed E-state index contributed by atoms with van der Waals surface area (Å²) < 4.78 is 28.0. The first-order valence-electron chi connectivity index (χ1n) is 10.2. The van der Waals surface area contributed by atoms with E-state index in [1.807, 2.05) is 0 Å². The molecule has 0 aliphatic heterocycles. The van der Waals surface area contributed by atoms with E-state index in [2.05, 4.69) is 35.7 Å². The maximum absolute atomic E-state index is 12.6. The fourth-order valence-electron chi connectivity index (χ4n) is 3.38. The third kappa shape index (κ3) is 4.87. The van der Waals surface area contributed by atoms with E-state index >= 15 is 0 Å². The molecule has 0 bridgehead atoms. The van der Waals surface area contributed by atoms with Crippen LogP contribution >= 0.6 is 0 Å². The monoisotopic (exact) mass is 433 g/mol. The molecule has 0 aromatic heterocycles. The first-order valence-corrected chi connectivity index (χ1v) is 11.7. The van der Waals surface area contributed by atoms with Gasteiger partial charge in [0.05, 0.1) is 11.9 Å². The Labute approximate surface area is 178 Å². The van der Waals surface area contributed by atoms with Crippen molar-refractivity contribution in [1.82, 2.24) is 4.72 Å².